The molecular weight excluding hydrogens is 632 g/mol. The van der Waals surface area contributed by atoms with E-state index in [1.165, 1.54) is 0 Å². The van der Waals surface area contributed by atoms with Crippen molar-refractivity contribution < 1.29 is 0 Å². The SMILES string of the molecule is O=c1c2cc(Br)ccc2c2cc3ccc4c(=O)c5cc(Br)ccc5c5c(Br)c6ccc1c2c6c3c45. The molecule has 8 rings (SSSR count). The van der Waals surface area contributed by atoms with Gasteiger partial charge in [-0.25, -0.2) is 0 Å². The first-order valence-corrected chi connectivity index (χ1v) is 13.5. The Morgan fingerprint density at radius 2 is 0.943 bits per heavy atom. The van der Waals surface area contributed by atoms with Crippen LogP contribution in [0, 0.1) is 0 Å². The Morgan fingerprint density at radius 3 is 1.69 bits per heavy atom. The quantitative estimate of drug-likeness (QED) is 0.122. The van der Waals surface area contributed by atoms with Crippen molar-refractivity contribution >= 4 is 123 Å². The number of hydrogen-bond donors (Lipinski definition) is 0. The van der Waals surface area contributed by atoms with E-state index in [9.17, 15) is 9.59 Å². The number of rotatable bonds is 0. The minimum absolute atomic E-state index is 0.0254. The van der Waals surface area contributed by atoms with E-state index >= 15 is 0 Å². The summed E-state index contributed by atoms with van der Waals surface area (Å²) in [6.07, 6.45) is 0. The largest absolute Gasteiger partial charge is 0.289 e. The van der Waals surface area contributed by atoms with Gasteiger partial charge in [0.15, 0.2) is 10.9 Å². The van der Waals surface area contributed by atoms with E-state index < -0.39 is 0 Å². The lowest BCUT2D eigenvalue weighted by atomic mass is 9.84. The average Bonchev–Trinajstić information content (AvgIpc) is 2.86. The van der Waals surface area contributed by atoms with Crippen LogP contribution in [-0.2, 0) is 0 Å². The van der Waals surface area contributed by atoms with Crippen LogP contribution in [0.4, 0.5) is 0 Å². The molecule has 0 atom stereocenters. The molecule has 35 heavy (non-hydrogen) atoms. The van der Waals surface area contributed by atoms with Crippen molar-refractivity contribution in [3.8, 4) is 0 Å². The molecule has 0 saturated heterocycles. The smallest absolute Gasteiger partial charge is 0.194 e. The van der Waals surface area contributed by atoms with Crippen molar-refractivity contribution in [3.63, 3.8) is 0 Å². The zero-order chi connectivity index (χ0) is 23.7. The third-order valence-electron chi connectivity index (χ3n) is 7.47. The standard InChI is InChI=1S/C30H11Br3O2/c31-13-2-5-15-20-9-12-1-4-19-26-23(12)25-17(7-8-18(24(20)25)29(34)21(15)10-13)28(33)27(26)16-6-3-14(32)11-22(16)30(19)35/h1-11H. The molecule has 0 unspecified atom stereocenters. The summed E-state index contributed by atoms with van der Waals surface area (Å²) in [4.78, 5) is 27.3. The van der Waals surface area contributed by atoms with Gasteiger partial charge in [0.1, 0.15) is 0 Å². The lowest BCUT2D eigenvalue weighted by Crippen LogP contribution is -2.06. The second-order valence-corrected chi connectivity index (χ2v) is 11.8. The maximum absolute atomic E-state index is 13.6. The summed E-state index contributed by atoms with van der Waals surface area (Å²) in [5.74, 6) is 0. The van der Waals surface area contributed by atoms with Gasteiger partial charge in [0.25, 0.3) is 0 Å². The molecule has 0 fully saturated rings. The number of fused-ring (bicyclic) bond motifs is 4. The first-order chi connectivity index (χ1) is 16.9. The van der Waals surface area contributed by atoms with Gasteiger partial charge in [0, 0.05) is 51.1 Å². The molecule has 0 spiro atoms. The van der Waals surface area contributed by atoms with Crippen LogP contribution in [0.15, 0.2) is 89.7 Å². The molecule has 0 aromatic heterocycles. The Hall–Kier alpha value is -2.86. The second-order valence-electron chi connectivity index (χ2n) is 9.15. The highest BCUT2D eigenvalue weighted by Crippen LogP contribution is 2.48. The molecule has 0 radical (unpaired) electrons. The van der Waals surface area contributed by atoms with Crippen LogP contribution < -0.4 is 10.9 Å². The van der Waals surface area contributed by atoms with E-state index in [1.54, 1.807) is 0 Å². The zero-order valence-corrected chi connectivity index (χ0v) is 22.6. The molecule has 8 aromatic rings. The van der Waals surface area contributed by atoms with E-state index in [4.69, 9.17) is 0 Å². The molecule has 0 heterocycles. The van der Waals surface area contributed by atoms with Crippen LogP contribution in [0.25, 0.3) is 75.4 Å². The van der Waals surface area contributed by atoms with Crippen molar-refractivity contribution in [1.82, 2.24) is 0 Å². The highest BCUT2D eigenvalue weighted by Gasteiger charge is 2.23. The van der Waals surface area contributed by atoms with Gasteiger partial charge in [-0.05, 0) is 96.1 Å². The average molecular weight is 643 g/mol. The molecule has 0 N–H and O–H groups in total. The van der Waals surface area contributed by atoms with E-state index in [0.29, 0.717) is 21.5 Å². The van der Waals surface area contributed by atoms with Gasteiger partial charge in [-0.15, -0.1) is 0 Å². The molecular formula is C30H11Br3O2. The third kappa shape index (κ3) is 2.39. The number of benzene rings is 8. The summed E-state index contributed by atoms with van der Waals surface area (Å²) in [6.45, 7) is 0. The van der Waals surface area contributed by atoms with E-state index in [1.807, 2.05) is 60.7 Å². The monoisotopic (exact) mass is 640 g/mol. The van der Waals surface area contributed by atoms with Crippen LogP contribution in [0.1, 0.15) is 0 Å². The fourth-order valence-electron chi connectivity index (χ4n) is 6.06. The topological polar surface area (TPSA) is 34.1 Å². The van der Waals surface area contributed by atoms with Gasteiger partial charge < -0.3 is 0 Å². The maximum atomic E-state index is 13.6. The molecule has 0 saturated carbocycles. The predicted molar refractivity (Wildman–Crippen MR) is 158 cm³/mol. The summed E-state index contributed by atoms with van der Waals surface area (Å²) in [7, 11) is 0. The second kappa shape index (κ2) is 6.67. The first-order valence-electron chi connectivity index (χ1n) is 11.1. The van der Waals surface area contributed by atoms with Gasteiger partial charge in [0.2, 0.25) is 0 Å². The highest BCUT2D eigenvalue weighted by molar-refractivity contribution is 9.11. The third-order valence-corrected chi connectivity index (χ3v) is 9.28. The van der Waals surface area contributed by atoms with Gasteiger partial charge in [-0.1, -0.05) is 56.1 Å². The van der Waals surface area contributed by atoms with Gasteiger partial charge in [-0.3, -0.25) is 9.59 Å². The molecule has 164 valence electrons. The van der Waals surface area contributed by atoms with Crippen molar-refractivity contribution in [1.29, 1.82) is 0 Å². The Labute approximate surface area is 222 Å². The minimum atomic E-state index is 0.0254. The fourth-order valence-corrected chi connectivity index (χ4v) is 7.53. The molecule has 0 aliphatic carbocycles. The Bertz CT molecular complexity index is 2340. The summed E-state index contributed by atoms with van der Waals surface area (Å²) in [5, 5.41) is 12.9. The van der Waals surface area contributed by atoms with Crippen molar-refractivity contribution in [2.45, 2.75) is 0 Å². The summed E-state index contributed by atoms with van der Waals surface area (Å²) in [6, 6.07) is 22.0. The highest BCUT2D eigenvalue weighted by atomic mass is 79.9. The first kappa shape index (κ1) is 20.3. The minimum Gasteiger partial charge on any atom is -0.289 e. The van der Waals surface area contributed by atoms with Gasteiger partial charge in [0.05, 0.1) is 0 Å². The van der Waals surface area contributed by atoms with Crippen LogP contribution in [0.2, 0.25) is 0 Å². The lowest BCUT2D eigenvalue weighted by Gasteiger charge is -2.20. The van der Waals surface area contributed by atoms with Crippen molar-refractivity contribution in [2.75, 3.05) is 0 Å². The Morgan fingerprint density at radius 1 is 0.400 bits per heavy atom. The van der Waals surface area contributed by atoms with Crippen molar-refractivity contribution in [3.05, 3.63) is 101 Å². The Kier molecular flexibility index (Phi) is 3.88. The maximum Gasteiger partial charge on any atom is 0.194 e. The zero-order valence-electron chi connectivity index (χ0n) is 17.8. The molecule has 0 aliphatic rings. The molecule has 0 amide bonds. The number of hydrogen-bond acceptors (Lipinski definition) is 2. The van der Waals surface area contributed by atoms with Crippen LogP contribution in [0.5, 0.6) is 0 Å². The summed E-state index contributed by atoms with van der Waals surface area (Å²) in [5.41, 5.74) is 0.0547. The molecule has 0 aliphatic heterocycles. The fraction of sp³-hybridized carbons (Fsp3) is 0. The van der Waals surface area contributed by atoms with Gasteiger partial charge in [-0.2, -0.15) is 0 Å². The predicted octanol–water partition coefficient (Wildman–Crippen LogP) is 9.08. The van der Waals surface area contributed by atoms with Crippen molar-refractivity contribution in [2.24, 2.45) is 0 Å². The van der Waals surface area contributed by atoms with E-state index in [2.05, 4.69) is 53.9 Å². The summed E-state index contributed by atoms with van der Waals surface area (Å²) >= 11 is 11.0. The van der Waals surface area contributed by atoms with Crippen LogP contribution >= 0.6 is 47.8 Å². The molecule has 0 bridgehead atoms. The van der Waals surface area contributed by atoms with Crippen LogP contribution in [-0.4, -0.2) is 0 Å². The molecule has 5 heteroatoms. The summed E-state index contributed by atoms with van der Waals surface area (Å²) < 4.78 is 2.72. The van der Waals surface area contributed by atoms with Crippen LogP contribution in [0.3, 0.4) is 0 Å². The Balaban J connectivity index is 1.79. The molecule has 2 nitrogen and oxygen atoms in total. The lowest BCUT2D eigenvalue weighted by molar-refractivity contribution is 1.68. The molecule has 8 aromatic carbocycles. The normalized spacial score (nSPS) is 12.7. The van der Waals surface area contributed by atoms with Gasteiger partial charge >= 0.3 is 0 Å². The van der Waals surface area contributed by atoms with E-state index in [-0.39, 0.29) is 10.9 Å². The number of halogens is 3. The van der Waals surface area contributed by atoms with E-state index in [0.717, 1.165) is 67.3 Å².